The van der Waals surface area contributed by atoms with Gasteiger partial charge in [0.2, 0.25) is 0 Å². The van der Waals surface area contributed by atoms with Crippen LogP contribution >= 0.6 is 11.8 Å². The first-order valence-corrected chi connectivity index (χ1v) is 7.43. The van der Waals surface area contributed by atoms with Gasteiger partial charge in [-0.3, -0.25) is 4.79 Å². The Morgan fingerprint density at radius 2 is 2.12 bits per heavy atom. The zero-order valence-electron chi connectivity index (χ0n) is 9.89. The summed E-state index contributed by atoms with van der Waals surface area (Å²) in [5.74, 6) is 2.27. The highest BCUT2D eigenvalue weighted by Gasteiger charge is 2.24. The Kier molecular flexibility index (Phi) is 3.18. The van der Waals surface area contributed by atoms with Gasteiger partial charge in [0.1, 0.15) is 0 Å². The van der Waals surface area contributed by atoms with Gasteiger partial charge in [-0.25, -0.2) is 4.98 Å². The minimum absolute atomic E-state index is 0.0708. The summed E-state index contributed by atoms with van der Waals surface area (Å²) in [5.41, 5.74) is 0. The van der Waals surface area contributed by atoms with Crippen molar-refractivity contribution in [1.82, 2.24) is 14.8 Å². The molecule has 0 unspecified atom stereocenters. The fraction of sp³-hybridized carbons (Fsp3) is 0.750. The lowest BCUT2D eigenvalue weighted by Crippen LogP contribution is -2.10. The van der Waals surface area contributed by atoms with E-state index in [1.54, 1.807) is 0 Å². The molecule has 1 aromatic heterocycles. The van der Waals surface area contributed by atoms with Crippen LogP contribution in [0.5, 0.6) is 0 Å². The fourth-order valence-electron chi connectivity index (χ4n) is 2.70. The molecule has 17 heavy (non-hydrogen) atoms. The number of fused-ring (bicyclic) bond motifs is 1. The molecular weight excluding hydrogens is 234 g/mol. The van der Waals surface area contributed by atoms with Gasteiger partial charge in [-0.1, -0.05) is 43.9 Å². The van der Waals surface area contributed by atoms with E-state index in [0.29, 0.717) is 5.75 Å². The molecule has 0 radical (unpaired) electrons. The Hall–Kier alpha value is -0.840. The van der Waals surface area contributed by atoms with Crippen LogP contribution in [0, 0.1) is 5.92 Å². The SMILES string of the molecule is O=C1CSc2nc(CCC3CCCCC3)nn21. The number of thioether (sulfide) groups is 1. The summed E-state index contributed by atoms with van der Waals surface area (Å²) in [6, 6.07) is 0. The molecule has 0 N–H and O–H groups in total. The molecule has 5 heteroatoms. The minimum Gasteiger partial charge on any atom is -0.271 e. The highest BCUT2D eigenvalue weighted by Crippen LogP contribution is 2.28. The molecule has 0 bridgehead atoms. The number of aryl methyl sites for hydroxylation is 1. The van der Waals surface area contributed by atoms with E-state index in [9.17, 15) is 4.79 Å². The third-order valence-corrected chi connectivity index (χ3v) is 4.60. The number of hydrogen-bond acceptors (Lipinski definition) is 4. The van der Waals surface area contributed by atoms with E-state index in [1.165, 1.54) is 55.0 Å². The van der Waals surface area contributed by atoms with E-state index in [2.05, 4.69) is 10.1 Å². The van der Waals surface area contributed by atoms with Gasteiger partial charge in [0.05, 0.1) is 5.75 Å². The predicted molar refractivity (Wildman–Crippen MR) is 66.3 cm³/mol. The number of hydrogen-bond donors (Lipinski definition) is 0. The molecule has 0 spiro atoms. The van der Waals surface area contributed by atoms with Crippen LogP contribution in [0.25, 0.3) is 0 Å². The van der Waals surface area contributed by atoms with E-state index < -0.39 is 0 Å². The number of aromatic nitrogens is 3. The van der Waals surface area contributed by atoms with Crippen LogP contribution in [-0.2, 0) is 6.42 Å². The Labute approximate surface area is 105 Å². The van der Waals surface area contributed by atoms with Crippen molar-refractivity contribution in [2.24, 2.45) is 5.92 Å². The summed E-state index contributed by atoms with van der Waals surface area (Å²) in [6.07, 6.45) is 9.00. The Bertz CT molecular complexity index is 423. The van der Waals surface area contributed by atoms with Crippen LogP contribution in [0.1, 0.15) is 49.1 Å². The average Bonchev–Trinajstić information content (AvgIpc) is 2.91. The Morgan fingerprint density at radius 1 is 1.29 bits per heavy atom. The van der Waals surface area contributed by atoms with E-state index in [0.717, 1.165) is 23.3 Å². The zero-order chi connectivity index (χ0) is 11.7. The van der Waals surface area contributed by atoms with E-state index >= 15 is 0 Å². The average molecular weight is 251 g/mol. The second-order valence-electron chi connectivity index (χ2n) is 4.95. The topological polar surface area (TPSA) is 47.8 Å². The molecule has 1 fully saturated rings. The van der Waals surface area contributed by atoms with Crippen LogP contribution in [-0.4, -0.2) is 26.4 Å². The molecule has 0 aromatic carbocycles. The third-order valence-electron chi connectivity index (χ3n) is 3.68. The molecular formula is C12H17N3OS. The van der Waals surface area contributed by atoms with Gasteiger partial charge in [0.15, 0.2) is 11.0 Å². The smallest absolute Gasteiger partial charge is 0.259 e. The lowest BCUT2D eigenvalue weighted by atomic mass is 9.86. The Morgan fingerprint density at radius 3 is 2.88 bits per heavy atom. The van der Waals surface area contributed by atoms with Gasteiger partial charge in [0, 0.05) is 6.42 Å². The fourth-order valence-corrected chi connectivity index (χ4v) is 3.51. The normalized spacial score (nSPS) is 20.8. The number of rotatable bonds is 3. The van der Waals surface area contributed by atoms with E-state index in [4.69, 9.17) is 0 Å². The molecule has 92 valence electrons. The van der Waals surface area contributed by atoms with Crippen LogP contribution in [0.15, 0.2) is 5.16 Å². The van der Waals surface area contributed by atoms with Gasteiger partial charge in [-0.05, 0) is 12.3 Å². The number of nitrogens with zero attached hydrogens (tertiary/aromatic N) is 3. The molecule has 1 aliphatic carbocycles. The standard InChI is InChI=1S/C12H17N3OS/c16-11-8-17-12-13-10(14-15(11)12)7-6-9-4-2-1-3-5-9/h9H,1-8H2. The molecule has 3 rings (SSSR count). The highest BCUT2D eigenvalue weighted by atomic mass is 32.2. The van der Waals surface area contributed by atoms with E-state index in [-0.39, 0.29) is 5.91 Å². The van der Waals surface area contributed by atoms with Gasteiger partial charge in [0.25, 0.3) is 5.91 Å². The van der Waals surface area contributed by atoms with Crippen LogP contribution < -0.4 is 0 Å². The summed E-state index contributed by atoms with van der Waals surface area (Å²) >= 11 is 1.50. The first-order chi connectivity index (χ1) is 8.33. The second kappa shape index (κ2) is 4.80. The van der Waals surface area contributed by atoms with Gasteiger partial charge in [-0.2, -0.15) is 4.68 Å². The van der Waals surface area contributed by atoms with Crippen molar-refractivity contribution in [3.8, 4) is 0 Å². The van der Waals surface area contributed by atoms with Crippen molar-refractivity contribution >= 4 is 17.7 Å². The molecule has 0 amide bonds. The van der Waals surface area contributed by atoms with Crippen molar-refractivity contribution in [3.05, 3.63) is 5.82 Å². The van der Waals surface area contributed by atoms with Crippen LogP contribution in [0.4, 0.5) is 0 Å². The van der Waals surface area contributed by atoms with Gasteiger partial charge in [-0.15, -0.1) is 5.10 Å². The summed E-state index contributed by atoms with van der Waals surface area (Å²) in [5, 5.41) is 5.08. The van der Waals surface area contributed by atoms with Crippen molar-refractivity contribution in [3.63, 3.8) is 0 Å². The minimum atomic E-state index is 0.0708. The highest BCUT2D eigenvalue weighted by molar-refractivity contribution is 8.00. The second-order valence-corrected chi connectivity index (χ2v) is 5.89. The Balaban J connectivity index is 1.58. The molecule has 1 aliphatic heterocycles. The predicted octanol–water partition coefficient (Wildman–Crippen LogP) is 2.54. The molecule has 4 nitrogen and oxygen atoms in total. The molecule has 2 heterocycles. The van der Waals surface area contributed by atoms with Crippen molar-refractivity contribution < 1.29 is 4.79 Å². The largest absolute Gasteiger partial charge is 0.271 e. The first kappa shape index (κ1) is 11.3. The lowest BCUT2D eigenvalue weighted by Gasteiger charge is -2.20. The zero-order valence-corrected chi connectivity index (χ0v) is 10.7. The quantitative estimate of drug-likeness (QED) is 0.828. The monoisotopic (exact) mass is 251 g/mol. The molecule has 1 saturated carbocycles. The molecule has 0 atom stereocenters. The maximum absolute atomic E-state index is 11.4. The summed E-state index contributed by atoms with van der Waals surface area (Å²) < 4.78 is 1.47. The third kappa shape index (κ3) is 2.39. The van der Waals surface area contributed by atoms with Crippen LogP contribution in [0.2, 0.25) is 0 Å². The molecule has 2 aliphatic rings. The van der Waals surface area contributed by atoms with Gasteiger partial charge >= 0.3 is 0 Å². The summed E-state index contributed by atoms with van der Waals surface area (Å²) in [4.78, 5) is 15.8. The van der Waals surface area contributed by atoms with Crippen LogP contribution in [0.3, 0.4) is 0 Å². The maximum Gasteiger partial charge on any atom is 0.259 e. The number of carbonyl (C=O) groups excluding carboxylic acids is 1. The van der Waals surface area contributed by atoms with Gasteiger partial charge < -0.3 is 0 Å². The van der Waals surface area contributed by atoms with E-state index in [1.807, 2.05) is 0 Å². The van der Waals surface area contributed by atoms with Crippen molar-refractivity contribution in [2.75, 3.05) is 5.75 Å². The molecule has 0 saturated heterocycles. The first-order valence-electron chi connectivity index (χ1n) is 6.45. The summed E-state index contributed by atoms with van der Waals surface area (Å²) in [6.45, 7) is 0. The lowest BCUT2D eigenvalue weighted by molar-refractivity contribution is 0.0923. The van der Waals surface area contributed by atoms with Crippen molar-refractivity contribution in [1.29, 1.82) is 0 Å². The number of carbonyl (C=O) groups is 1. The maximum atomic E-state index is 11.4. The summed E-state index contributed by atoms with van der Waals surface area (Å²) in [7, 11) is 0. The molecule has 1 aromatic rings. The van der Waals surface area contributed by atoms with Crippen molar-refractivity contribution in [2.45, 2.75) is 50.1 Å².